The molecular weight excluding hydrogens is 360 g/mol. The van der Waals surface area contributed by atoms with Crippen molar-refractivity contribution in [3.05, 3.63) is 65.1 Å². The summed E-state index contributed by atoms with van der Waals surface area (Å²) in [5.41, 5.74) is 1.36. The van der Waals surface area contributed by atoms with E-state index in [2.05, 4.69) is 20.4 Å². The van der Waals surface area contributed by atoms with E-state index < -0.39 is 16.9 Å². The number of carbonyl (C=O) groups excluding carboxylic acids is 1. The van der Waals surface area contributed by atoms with Crippen molar-refractivity contribution in [3.8, 4) is 5.95 Å². The van der Waals surface area contributed by atoms with Crippen molar-refractivity contribution >= 4 is 23.5 Å². The zero-order chi connectivity index (χ0) is 18.3. The highest BCUT2D eigenvalue weighted by Crippen LogP contribution is 2.44. The van der Waals surface area contributed by atoms with Gasteiger partial charge in [-0.05, 0) is 31.2 Å². The van der Waals surface area contributed by atoms with Crippen LogP contribution in [0.3, 0.4) is 0 Å². The van der Waals surface area contributed by atoms with Gasteiger partial charge in [0.15, 0.2) is 0 Å². The van der Waals surface area contributed by atoms with Gasteiger partial charge in [0.05, 0.1) is 16.7 Å². The SMILES string of the molecule is Cc1nn(-c2ncccn2)c2c1C(c1cc(F)ccc1F)SCC(=O)N2. The van der Waals surface area contributed by atoms with E-state index in [-0.39, 0.29) is 23.2 Å². The summed E-state index contributed by atoms with van der Waals surface area (Å²) in [5.74, 6) is -0.576. The average molecular weight is 373 g/mol. The lowest BCUT2D eigenvalue weighted by Gasteiger charge is -2.16. The third-order valence-corrected chi connectivity index (χ3v) is 5.24. The molecule has 0 aliphatic carbocycles. The lowest BCUT2D eigenvalue weighted by atomic mass is 10.0. The molecule has 1 aromatic carbocycles. The monoisotopic (exact) mass is 373 g/mol. The van der Waals surface area contributed by atoms with Gasteiger partial charge in [0, 0.05) is 23.5 Å². The van der Waals surface area contributed by atoms with Gasteiger partial charge in [0.1, 0.15) is 17.5 Å². The summed E-state index contributed by atoms with van der Waals surface area (Å²) < 4.78 is 29.5. The Hall–Kier alpha value is -2.81. The molecule has 1 atom stereocenters. The number of nitrogens with zero attached hydrogens (tertiary/aromatic N) is 4. The minimum Gasteiger partial charge on any atom is -0.309 e. The molecule has 6 nitrogen and oxygen atoms in total. The van der Waals surface area contributed by atoms with E-state index in [4.69, 9.17) is 0 Å². The number of aryl methyl sites for hydroxylation is 1. The fraction of sp³-hybridized carbons (Fsp3) is 0.176. The first kappa shape index (κ1) is 16.6. The Labute approximate surface area is 151 Å². The zero-order valence-electron chi connectivity index (χ0n) is 13.6. The van der Waals surface area contributed by atoms with Gasteiger partial charge in [0.2, 0.25) is 5.91 Å². The predicted molar refractivity (Wildman–Crippen MR) is 93.2 cm³/mol. The molecule has 9 heteroatoms. The number of thioether (sulfide) groups is 1. The van der Waals surface area contributed by atoms with Crippen LogP contribution < -0.4 is 5.32 Å². The number of hydrogen-bond acceptors (Lipinski definition) is 5. The van der Waals surface area contributed by atoms with Crippen LogP contribution in [-0.4, -0.2) is 31.4 Å². The second-order valence-electron chi connectivity index (χ2n) is 5.71. The lowest BCUT2D eigenvalue weighted by Crippen LogP contribution is -2.16. The molecule has 132 valence electrons. The molecule has 1 aliphatic rings. The molecule has 0 saturated heterocycles. The summed E-state index contributed by atoms with van der Waals surface area (Å²) in [7, 11) is 0. The Bertz CT molecular complexity index is 992. The van der Waals surface area contributed by atoms with Gasteiger partial charge in [-0.1, -0.05) is 0 Å². The number of hydrogen-bond donors (Lipinski definition) is 1. The highest BCUT2D eigenvalue weighted by atomic mass is 32.2. The van der Waals surface area contributed by atoms with Crippen LogP contribution in [0.2, 0.25) is 0 Å². The number of amides is 1. The van der Waals surface area contributed by atoms with E-state index in [9.17, 15) is 13.6 Å². The number of fused-ring (bicyclic) bond motifs is 1. The molecule has 1 amide bonds. The van der Waals surface area contributed by atoms with Crippen LogP contribution in [0.25, 0.3) is 5.95 Å². The number of nitrogens with one attached hydrogen (secondary N) is 1. The Morgan fingerprint density at radius 3 is 2.81 bits per heavy atom. The average Bonchev–Trinajstić information content (AvgIpc) is 2.84. The van der Waals surface area contributed by atoms with Gasteiger partial charge in [-0.15, -0.1) is 11.8 Å². The molecule has 0 saturated carbocycles. The Morgan fingerprint density at radius 2 is 2.04 bits per heavy atom. The first-order chi connectivity index (χ1) is 12.5. The summed E-state index contributed by atoms with van der Waals surface area (Å²) in [6.45, 7) is 1.75. The standard InChI is InChI=1S/C17H13F2N5OS/c1-9-14-15(11-7-10(18)3-4-12(11)19)26-8-13(25)22-16(14)24(23-9)17-20-5-2-6-21-17/h2-7,15H,8H2,1H3,(H,22,25). The van der Waals surface area contributed by atoms with Gasteiger partial charge in [0.25, 0.3) is 5.95 Å². The molecule has 3 aromatic rings. The third kappa shape index (κ3) is 2.84. The maximum atomic E-state index is 14.4. The topological polar surface area (TPSA) is 72.7 Å². The van der Waals surface area contributed by atoms with Crippen molar-refractivity contribution in [3.63, 3.8) is 0 Å². The van der Waals surface area contributed by atoms with E-state index in [1.807, 2.05) is 0 Å². The van der Waals surface area contributed by atoms with Crippen LogP contribution in [0.1, 0.15) is 22.1 Å². The number of anilines is 1. The van der Waals surface area contributed by atoms with Crippen molar-refractivity contribution in [2.75, 3.05) is 11.1 Å². The smallest absolute Gasteiger partial charge is 0.252 e. The van der Waals surface area contributed by atoms with Crippen molar-refractivity contribution in [2.24, 2.45) is 0 Å². The number of halogens is 2. The van der Waals surface area contributed by atoms with Crippen molar-refractivity contribution in [1.29, 1.82) is 0 Å². The Morgan fingerprint density at radius 1 is 1.27 bits per heavy atom. The molecule has 0 spiro atoms. The minimum absolute atomic E-state index is 0.102. The maximum absolute atomic E-state index is 14.4. The molecular formula is C17H13F2N5OS. The first-order valence-electron chi connectivity index (χ1n) is 7.78. The predicted octanol–water partition coefficient (Wildman–Crippen LogP) is 3.02. The molecule has 1 unspecified atom stereocenters. The highest BCUT2D eigenvalue weighted by molar-refractivity contribution is 8.00. The van der Waals surface area contributed by atoms with E-state index >= 15 is 0 Å². The van der Waals surface area contributed by atoms with Crippen molar-refractivity contribution in [1.82, 2.24) is 19.7 Å². The van der Waals surface area contributed by atoms with Gasteiger partial charge in [-0.3, -0.25) is 4.79 Å². The second-order valence-corrected chi connectivity index (χ2v) is 6.81. The van der Waals surface area contributed by atoms with Crippen LogP contribution >= 0.6 is 11.8 Å². The maximum Gasteiger partial charge on any atom is 0.252 e. The largest absolute Gasteiger partial charge is 0.309 e. The fourth-order valence-electron chi connectivity index (χ4n) is 2.89. The molecule has 0 bridgehead atoms. The first-order valence-corrected chi connectivity index (χ1v) is 8.83. The lowest BCUT2D eigenvalue weighted by molar-refractivity contribution is -0.113. The Balaban J connectivity index is 1.93. The van der Waals surface area contributed by atoms with Gasteiger partial charge >= 0.3 is 0 Å². The fourth-order valence-corrected chi connectivity index (χ4v) is 4.09. The molecule has 0 fully saturated rings. The molecule has 26 heavy (non-hydrogen) atoms. The molecule has 3 heterocycles. The quantitative estimate of drug-likeness (QED) is 0.748. The molecule has 1 aliphatic heterocycles. The Kier molecular flexibility index (Phi) is 4.15. The number of carbonyl (C=O) groups is 1. The van der Waals surface area contributed by atoms with Gasteiger partial charge in [-0.2, -0.15) is 9.78 Å². The normalized spacial score (nSPS) is 16.7. The number of aromatic nitrogens is 4. The third-order valence-electron chi connectivity index (χ3n) is 3.99. The van der Waals surface area contributed by atoms with Crippen LogP contribution in [0.15, 0.2) is 36.7 Å². The van der Waals surface area contributed by atoms with E-state index in [0.29, 0.717) is 17.1 Å². The summed E-state index contributed by atoms with van der Waals surface area (Å²) in [6.07, 6.45) is 3.12. The summed E-state index contributed by atoms with van der Waals surface area (Å²) in [4.78, 5) is 20.5. The summed E-state index contributed by atoms with van der Waals surface area (Å²) in [5, 5.41) is 6.62. The van der Waals surface area contributed by atoms with Crippen LogP contribution in [0.4, 0.5) is 14.6 Å². The van der Waals surface area contributed by atoms with Gasteiger partial charge < -0.3 is 5.32 Å². The molecule has 4 rings (SSSR count). The molecule has 1 N–H and O–H groups in total. The van der Waals surface area contributed by atoms with E-state index in [1.54, 1.807) is 25.4 Å². The highest BCUT2D eigenvalue weighted by Gasteiger charge is 2.32. The van der Waals surface area contributed by atoms with Crippen LogP contribution in [0.5, 0.6) is 0 Å². The summed E-state index contributed by atoms with van der Waals surface area (Å²) >= 11 is 1.22. The number of rotatable bonds is 2. The second kappa shape index (κ2) is 6.49. The van der Waals surface area contributed by atoms with Crippen LogP contribution in [0, 0.1) is 18.6 Å². The van der Waals surface area contributed by atoms with Crippen LogP contribution in [-0.2, 0) is 4.79 Å². The minimum atomic E-state index is -0.586. The summed E-state index contributed by atoms with van der Waals surface area (Å²) in [6, 6.07) is 4.98. The van der Waals surface area contributed by atoms with Crippen molar-refractivity contribution in [2.45, 2.75) is 12.2 Å². The zero-order valence-corrected chi connectivity index (χ0v) is 14.4. The molecule has 2 aromatic heterocycles. The van der Waals surface area contributed by atoms with E-state index in [1.165, 1.54) is 16.4 Å². The molecule has 0 radical (unpaired) electrons. The van der Waals surface area contributed by atoms with Crippen molar-refractivity contribution < 1.29 is 13.6 Å². The van der Waals surface area contributed by atoms with Gasteiger partial charge in [-0.25, -0.2) is 18.7 Å². The number of benzene rings is 1. The van der Waals surface area contributed by atoms with E-state index in [0.717, 1.165) is 18.2 Å².